The third-order valence-corrected chi connectivity index (χ3v) is 7.81. The minimum atomic E-state index is 0.622. The molecule has 4 rings (SSSR count). The van der Waals surface area contributed by atoms with Crippen LogP contribution in [0, 0.1) is 10.8 Å². The molecule has 0 amide bonds. The highest BCUT2D eigenvalue weighted by molar-refractivity contribution is 5.31. The van der Waals surface area contributed by atoms with Gasteiger partial charge in [0, 0.05) is 35.0 Å². The number of fused-ring (bicyclic) bond motifs is 9. The molecule has 0 N–H and O–H groups in total. The van der Waals surface area contributed by atoms with E-state index in [9.17, 15) is 0 Å². The van der Waals surface area contributed by atoms with E-state index >= 15 is 0 Å². The Hall–Kier alpha value is -0.0800. The first-order valence-electron chi connectivity index (χ1n) is 8.09. The fourth-order valence-corrected chi connectivity index (χ4v) is 7.65. The van der Waals surface area contributed by atoms with E-state index in [-0.39, 0.29) is 0 Å². The van der Waals surface area contributed by atoms with E-state index in [0.717, 1.165) is 24.2 Å². The summed E-state index contributed by atoms with van der Waals surface area (Å²) in [5.74, 6) is 0. The van der Waals surface area contributed by atoms with Crippen molar-refractivity contribution in [3.63, 3.8) is 0 Å². The molecule has 0 saturated carbocycles. The summed E-state index contributed by atoms with van der Waals surface area (Å²) in [6.45, 7) is 4.96. The summed E-state index contributed by atoms with van der Waals surface area (Å²) in [5, 5.41) is 0. The average Bonchev–Trinajstić information content (AvgIpc) is 3.06. The van der Waals surface area contributed by atoms with Crippen LogP contribution in [-0.4, -0.2) is 48.1 Å². The number of rotatable bonds is 2. The van der Waals surface area contributed by atoms with Gasteiger partial charge in [-0.3, -0.25) is 9.80 Å². The lowest BCUT2D eigenvalue weighted by molar-refractivity contribution is -0.00396. The van der Waals surface area contributed by atoms with E-state index in [1.54, 1.807) is 0 Å². The zero-order chi connectivity index (χ0) is 12.7. The minimum Gasteiger partial charge on any atom is -0.299 e. The van der Waals surface area contributed by atoms with Crippen LogP contribution in [0.3, 0.4) is 0 Å². The molecule has 4 aliphatic rings. The van der Waals surface area contributed by atoms with Crippen molar-refractivity contribution in [3.05, 3.63) is 0 Å². The molecule has 2 nitrogen and oxygen atoms in total. The van der Waals surface area contributed by atoms with E-state index in [2.05, 4.69) is 37.7 Å². The molecule has 4 heterocycles. The molecule has 4 fully saturated rings. The Balaban J connectivity index is 1.94. The van der Waals surface area contributed by atoms with Crippen molar-refractivity contribution in [1.29, 1.82) is 0 Å². The third kappa shape index (κ3) is 0.841. The minimum absolute atomic E-state index is 0.622. The monoisotopic (exact) mass is 248 g/mol. The van der Waals surface area contributed by atoms with Crippen molar-refractivity contribution >= 4 is 0 Å². The molecule has 0 spiro atoms. The maximum Gasteiger partial charge on any atom is 0.0174 e. The van der Waals surface area contributed by atoms with Gasteiger partial charge in [-0.1, -0.05) is 13.8 Å². The normalized spacial score (nSPS) is 58.7. The predicted molar refractivity (Wildman–Crippen MR) is 74.6 cm³/mol. The molecule has 18 heavy (non-hydrogen) atoms. The van der Waals surface area contributed by atoms with Crippen molar-refractivity contribution in [2.45, 2.75) is 76.5 Å². The van der Waals surface area contributed by atoms with Crippen molar-refractivity contribution in [2.75, 3.05) is 14.1 Å². The van der Waals surface area contributed by atoms with Gasteiger partial charge in [0.05, 0.1) is 0 Å². The molecule has 4 saturated heterocycles. The van der Waals surface area contributed by atoms with E-state index in [1.807, 2.05) is 0 Å². The fraction of sp³-hybridized carbons (Fsp3) is 1.00. The molecular formula is C16H28N2. The second-order valence-corrected chi connectivity index (χ2v) is 7.34. The molecule has 2 heteroatoms. The highest BCUT2D eigenvalue weighted by atomic mass is 15.4. The summed E-state index contributed by atoms with van der Waals surface area (Å²) in [6, 6.07) is 3.52. The Labute approximate surface area is 112 Å². The van der Waals surface area contributed by atoms with Crippen LogP contribution in [0.25, 0.3) is 0 Å². The lowest BCUT2D eigenvalue weighted by atomic mass is 9.48. The largest absolute Gasteiger partial charge is 0.299 e. The van der Waals surface area contributed by atoms with Gasteiger partial charge in [-0.05, 0) is 52.6 Å². The maximum absolute atomic E-state index is 2.80. The molecule has 4 aliphatic heterocycles. The van der Waals surface area contributed by atoms with E-state index in [0.29, 0.717) is 10.8 Å². The van der Waals surface area contributed by atoms with Crippen molar-refractivity contribution in [1.82, 2.24) is 9.80 Å². The molecule has 102 valence electrons. The van der Waals surface area contributed by atoms with Crippen LogP contribution < -0.4 is 0 Å². The zero-order valence-electron chi connectivity index (χ0n) is 12.4. The van der Waals surface area contributed by atoms with Gasteiger partial charge in [-0.15, -0.1) is 0 Å². The summed E-state index contributed by atoms with van der Waals surface area (Å²) in [5.41, 5.74) is 1.24. The fourth-order valence-electron chi connectivity index (χ4n) is 7.65. The molecule has 0 aromatic carbocycles. The zero-order valence-corrected chi connectivity index (χ0v) is 12.4. The summed E-state index contributed by atoms with van der Waals surface area (Å²) in [6.07, 6.45) is 8.67. The maximum atomic E-state index is 2.80. The SMILES string of the molecule is CCC12[C@@H]3CC[C@@H](N3C)C1(CC)[C@@H]1CC[C@H]2N1C. The van der Waals surface area contributed by atoms with Crippen molar-refractivity contribution in [3.8, 4) is 0 Å². The molecule has 0 aromatic heterocycles. The number of nitrogens with zero attached hydrogens (tertiary/aromatic N) is 2. The molecule has 2 unspecified atom stereocenters. The first-order chi connectivity index (χ1) is 8.65. The Bertz CT molecular complexity index is 317. The van der Waals surface area contributed by atoms with E-state index in [4.69, 9.17) is 0 Å². The van der Waals surface area contributed by atoms with Crippen molar-refractivity contribution < 1.29 is 0 Å². The Kier molecular flexibility index (Phi) is 2.16. The molecule has 6 atom stereocenters. The standard InChI is InChI=1S/C16H28N2/c1-5-15-11-7-9-13(17(11)3)16(15,6-2)14-10-8-12(15)18(14)4/h11-14H,5-10H2,1-4H3/t11-,12+,13+,14-,15?,16?. The van der Waals surface area contributed by atoms with Gasteiger partial charge in [0.15, 0.2) is 0 Å². The van der Waals surface area contributed by atoms with E-state index < -0.39 is 0 Å². The second kappa shape index (κ2) is 3.32. The lowest BCUT2D eigenvalue weighted by Crippen LogP contribution is -2.56. The summed E-state index contributed by atoms with van der Waals surface area (Å²) < 4.78 is 0. The van der Waals surface area contributed by atoms with Crippen LogP contribution in [0.4, 0.5) is 0 Å². The molecule has 0 radical (unpaired) electrons. The van der Waals surface area contributed by atoms with Gasteiger partial charge >= 0.3 is 0 Å². The van der Waals surface area contributed by atoms with Crippen LogP contribution in [0.15, 0.2) is 0 Å². The first kappa shape index (κ1) is 11.7. The highest BCUT2D eigenvalue weighted by Crippen LogP contribution is 2.74. The number of hydrogen-bond acceptors (Lipinski definition) is 2. The lowest BCUT2D eigenvalue weighted by Gasteiger charge is -2.53. The molecular weight excluding hydrogens is 220 g/mol. The van der Waals surface area contributed by atoms with Gasteiger partial charge < -0.3 is 0 Å². The molecule has 0 aromatic rings. The van der Waals surface area contributed by atoms with Crippen molar-refractivity contribution in [2.24, 2.45) is 10.8 Å². The highest BCUT2D eigenvalue weighted by Gasteiger charge is 2.79. The summed E-state index contributed by atoms with van der Waals surface area (Å²) in [4.78, 5) is 5.59. The van der Waals surface area contributed by atoms with Gasteiger partial charge in [0.2, 0.25) is 0 Å². The Morgan fingerprint density at radius 2 is 1.00 bits per heavy atom. The van der Waals surface area contributed by atoms with Gasteiger partial charge in [0.25, 0.3) is 0 Å². The molecule has 4 bridgehead atoms. The van der Waals surface area contributed by atoms with Crippen LogP contribution in [0.2, 0.25) is 0 Å². The Morgan fingerprint density at radius 1 is 0.722 bits per heavy atom. The van der Waals surface area contributed by atoms with Crippen LogP contribution in [0.5, 0.6) is 0 Å². The van der Waals surface area contributed by atoms with E-state index in [1.165, 1.54) is 38.5 Å². The van der Waals surface area contributed by atoms with Gasteiger partial charge in [-0.2, -0.15) is 0 Å². The van der Waals surface area contributed by atoms with Gasteiger partial charge in [-0.25, -0.2) is 0 Å². The third-order valence-electron chi connectivity index (χ3n) is 7.81. The topological polar surface area (TPSA) is 6.48 Å². The Morgan fingerprint density at radius 3 is 1.22 bits per heavy atom. The average molecular weight is 248 g/mol. The number of hydrogen-bond donors (Lipinski definition) is 0. The van der Waals surface area contributed by atoms with Crippen LogP contribution >= 0.6 is 0 Å². The summed E-state index contributed by atoms with van der Waals surface area (Å²) in [7, 11) is 4.85. The van der Waals surface area contributed by atoms with Crippen LogP contribution in [-0.2, 0) is 0 Å². The van der Waals surface area contributed by atoms with Gasteiger partial charge in [0.1, 0.15) is 0 Å². The molecule has 0 aliphatic carbocycles. The predicted octanol–water partition coefficient (Wildman–Crippen LogP) is 2.73. The first-order valence-corrected chi connectivity index (χ1v) is 8.09. The summed E-state index contributed by atoms with van der Waals surface area (Å²) >= 11 is 0. The quantitative estimate of drug-likeness (QED) is 0.741. The smallest absolute Gasteiger partial charge is 0.0174 e. The van der Waals surface area contributed by atoms with Crippen LogP contribution in [0.1, 0.15) is 52.4 Å². The second-order valence-electron chi connectivity index (χ2n) is 7.34.